The van der Waals surface area contributed by atoms with E-state index in [-0.39, 0.29) is 27.8 Å². The summed E-state index contributed by atoms with van der Waals surface area (Å²) in [5, 5.41) is 5.30. The zero-order valence-corrected chi connectivity index (χ0v) is 22.9. The SMILES string of the molecule is CN=C(NCCSCc1csc(N=C(N)N)n1)NS(=O)(=O)c1cccc(S(=O)(=O)NC2CCCC2)c1. The summed E-state index contributed by atoms with van der Waals surface area (Å²) in [6.45, 7) is 0.435. The van der Waals surface area contributed by atoms with Crippen molar-refractivity contribution in [2.24, 2.45) is 21.5 Å². The van der Waals surface area contributed by atoms with E-state index < -0.39 is 20.0 Å². The fourth-order valence-electron chi connectivity index (χ4n) is 3.43. The molecular formula is C20H30N8O4S4. The standard InChI is InChI=1S/C20H30N8O4S4/c1-23-19(24-9-10-33-12-15-13-34-20(25-15)26-18(21)22)28-36(31,32)17-8-4-7-16(11-17)35(29,30)27-14-5-2-3-6-14/h4,7-8,11,13-14,27H,2-3,5-6,9-10,12H2,1H3,(H2,23,24,28)(H4,21,22,25,26). The quantitative estimate of drug-likeness (QED) is 0.148. The molecule has 0 saturated heterocycles. The van der Waals surface area contributed by atoms with Crippen molar-refractivity contribution >= 4 is 60.2 Å². The maximum atomic E-state index is 12.9. The van der Waals surface area contributed by atoms with Crippen molar-refractivity contribution in [1.82, 2.24) is 19.7 Å². The number of hydrogen-bond acceptors (Lipinski definition) is 9. The first-order valence-corrected chi connectivity index (χ1v) is 16.1. The zero-order chi connectivity index (χ0) is 26.2. The van der Waals surface area contributed by atoms with Crippen LogP contribution in [0.5, 0.6) is 0 Å². The number of thioether (sulfide) groups is 1. The van der Waals surface area contributed by atoms with Gasteiger partial charge in [-0.2, -0.15) is 16.8 Å². The lowest BCUT2D eigenvalue weighted by Gasteiger charge is -2.15. The molecule has 12 nitrogen and oxygen atoms in total. The monoisotopic (exact) mass is 574 g/mol. The van der Waals surface area contributed by atoms with Crippen LogP contribution in [-0.2, 0) is 25.8 Å². The Balaban J connectivity index is 1.52. The Morgan fingerprint density at radius 1 is 1.17 bits per heavy atom. The van der Waals surface area contributed by atoms with E-state index >= 15 is 0 Å². The summed E-state index contributed by atoms with van der Waals surface area (Å²) in [6, 6.07) is 5.15. The maximum absolute atomic E-state index is 12.9. The minimum atomic E-state index is -4.06. The normalized spacial score (nSPS) is 15.1. The lowest BCUT2D eigenvalue weighted by molar-refractivity contribution is 0.552. The summed E-state index contributed by atoms with van der Waals surface area (Å²) >= 11 is 2.93. The number of sulfonamides is 2. The fourth-order valence-corrected chi connectivity index (χ4v) is 7.49. The highest BCUT2D eigenvalue weighted by Gasteiger charge is 2.25. The Morgan fingerprint density at radius 2 is 1.86 bits per heavy atom. The molecule has 1 heterocycles. The molecule has 0 amide bonds. The first kappa shape index (κ1) is 28.2. The zero-order valence-electron chi connectivity index (χ0n) is 19.7. The molecule has 1 aliphatic carbocycles. The van der Waals surface area contributed by atoms with E-state index in [9.17, 15) is 16.8 Å². The van der Waals surface area contributed by atoms with Gasteiger partial charge >= 0.3 is 0 Å². The van der Waals surface area contributed by atoms with Gasteiger partial charge in [-0.05, 0) is 31.0 Å². The van der Waals surface area contributed by atoms with Gasteiger partial charge in [0.1, 0.15) is 0 Å². The van der Waals surface area contributed by atoms with E-state index in [1.807, 2.05) is 5.38 Å². The number of nitrogens with two attached hydrogens (primary N) is 2. The molecule has 1 fully saturated rings. The number of guanidine groups is 2. The third kappa shape index (κ3) is 8.33. The molecule has 0 unspecified atom stereocenters. The van der Waals surface area contributed by atoms with E-state index in [0.717, 1.165) is 37.4 Å². The largest absolute Gasteiger partial charge is 0.370 e. The van der Waals surface area contributed by atoms with Gasteiger partial charge in [0.25, 0.3) is 10.0 Å². The van der Waals surface area contributed by atoms with Gasteiger partial charge in [0.15, 0.2) is 5.96 Å². The second kappa shape index (κ2) is 12.7. The first-order valence-electron chi connectivity index (χ1n) is 11.1. The Hall–Kier alpha value is -2.40. The van der Waals surface area contributed by atoms with Gasteiger partial charge in [0.05, 0.1) is 15.5 Å². The highest BCUT2D eigenvalue weighted by molar-refractivity contribution is 7.98. The number of nitrogens with zero attached hydrogens (tertiary/aromatic N) is 3. The van der Waals surface area contributed by atoms with E-state index in [2.05, 4.69) is 29.7 Å². The number of hydrogen-bond donors (Lipinski definition) is 5. The number of aromatic nitrogens is 1. The van der Waals surface area contributed by atoms with Gasteiger partial charge in [-0.1, -0.05) is 18.9 Å². The molecule has 16 heteroatoms. The number of nitrogens with one attached hydrogen (secondary N) is 3. The number of rotatable bonds is 11. The maximum Gasteiger partial charge on any atom is 0.264 e. The Bertz CT molecular complexity index is 1300. The summed E-state index contributed by atoms with van der Waals surface area (Å²) in [5.74, 6) is 1.29. The molecule has 1 aromatic heterocycles. The van der Waals surface area contributed by atoms with Gasteiger partial charge in [0.2, 0.25) is 21.1 Å². The molecule has 0 aliphatic heterocycles. The molecule has 0 atom stereocenters. The van der Waals surface area contributed by atoms with Crippen molar-refractivity contribution in [3.63, 3.8) is 0 Å². The molecule has 0 bridgehead atoms. The van der Waals surface area contributed by atoms with Gasteiger partial charge in [-0.25, -0.2) is 31.3 Å². The lowest BCUT2D eigenvalue weighted by Crippen LogP contribution is -2.41. The van der Waals surface area contributed by atoms with Crippen LogP contribution in [0.2, 0.25) is 0 Å². The predicted molar refractivity (Wildman–Crippen MR) is 144 cm³/mol. The van der Waals surface area contributed by atoms with Gasteiger partial charge in [0, 0.05) is 36.5 Å². The van der Waals surface area contributed by atoms with Gasteiger partial charge < -0.3 is 16.8 Å². The van der Waals surface area contributed by atoms with Crippen LogP contribution in [0.1, 0.15) is 31.4 Å². The average molecular weight is 575 g/mol. The van der Waals surface area contributed by atoms with Crippen LogP contribution in [0.25, 0.3) is 0 Å². The third-order valence-corrected chi connectivity index (χ3v) is 9.74. The van der Waals surface area contributed by atoms with Crippen molar-refractivity contribution in [1.29, 1.82) is 0 Å². The molecule has 0 spiro atoms. The molecule has 36 heavy (non-hydrogen) atoms. The van der Waals surface area contributed by atoms with Gasteiger partial charge in [-0.15, -0.1) is 11.3 Å². The number of benzene rings is 1. The highest BCUT2D eigenvalue weighted by atomic mass is 32.2. The highest BCUT2D eigenvalue weighted by Crippen LogP contribution is 2.22. The van der Waals surface area contributed by atoms with Crippen LogP contribution in [0.3, 0.4) is 0 Å². The first-order chi connectivity index (χ1) is 17.1. The molecule has 1 aromatic carbocycles. The van der Waals surface area contributed by atoms with E-state index in [1.54, 1.807) is 11.8 Å². The molecule has 1 saturated carbocycles. The second-order valence-corrected chi connectivity index (χ2v) is 13.2. The van der Waals surface area contributed by atoms with Crippen LogP contribution >= 0.6 is 23.1 Å². The van der Waals surface area contributed by atoms with Crippen LogP contribution < -0.4 is 26.2 Å². The fraction of sp³-hybridized carbons (Fsp3) is 0.450. The molecule has 7 N–H and O–H groups in total. The molecule has 0 radical (unpaired) electrons. The van der Waals surface area contributed by atoms with Crippen LogP contribution in [0.4, 0.5) is 5.13 Å². The Labute approximate surface area is 219 Å². The second-order valence-electron chi connectivity index (χ2n) is 7.89. The van der Waals surface area contributed by atoms with E-state index in [4.69, 9.17) is 11.5 Å². The number of aliphatic imine (C=N–C) groups is 2. The predicted octanol–water partition coefficient (Wildman–Crippen LogP) is 1.06. The van der Waals surface area contributed by atoms with Crippen molar-refractivity contribution < 1.29 is 16.8 Å². The Morgan fingerprint density at radius 3 is 2.53 bits per heavy atom. The van der Waals surface area contributed by atoms with Gasteiger partial charge in [-0.3, -0.25) is 4.99 Å². The number of thiazole rings is 1. The summed E-state index contributed by atoms with van der Waals surface area (Å²) in [5.41, 5.74) is 11.5. The molecule has 2 aromatic rings. The molecule has 198 valence electrons. The van der Waals surface area contributed by atoms with Crippen LogP contribution in [-0.4, -0.2) is 59.1 Å². The summed E-state index contributed by atoms with van der Waals surface area (Å²) in [7, 11) is -6.43. The van der Waals surface area contributed by atoms with E-state index in [1.165, 1.54) is 36.6 Å². The van der Waals surface area contributed by atoms with Crippen molar-refractivity contribution in [2.45, 2.75) is 47.3 Å². The summed E-state index contributed by atoms with van der Waals surface area (Å²) in [4.78, 5) is 11.9. The average Bonchev–Trinajstić information content (AvgIpc) is 3.49. The Kier molecular flexibility index (Phi) is 9.95. The smallest absolute Gasteiger partial charge is 0.264 e. The summed E-state index contributed by atoms with van der Waals surface area (Å²) < 4.78 is 56.2. The van der Waals surface area contributed by atoms with Crippen molar-refractivity contribution in [3.05, 3.63) is 35.3 Å². The van der Waals surface area contributed by atoms with Crippen LogP contribution in [0.15, 0.2) is 49.4 Å². The molecule has 1 aliphatic rings. The van der Waals surface area contributed by atoms with Crippen LogP contribution in [0, 0.1) is 0 Å². The summed E-state index contributed by atoms with van der Waals surface area (Å²) in [6.07, 6.45) is 3.51. The molecule has 3 rings (SSSR count). The third-order valence-electron chi connectivity index (χ3n) is 5.11. The van der Waals surface area contributed by atoms with Crippen molar-refractivity contribution in [3.8, 4) is 0 Å². The lowest BCUT2D eigenvalue weighted by atomic mass is 10.3. The van der Waals surface area contributed by atoms with Crippen molar-refractivity contribution in [2.75, 3.05) is 19.3 Å². The minimum Gasteiger partial charge on any atom is -0.370 e. The molecular weight excluding hydrogens is 545 g/mol. The topological polar surface area (TPSA) is 194 Å². The van der Waals surface area contributed by atoms with E-state index in [0.29, 0.717) is 23.2 Å². The minimum absolute atomic E-state index is 0.0457.